The van der Waals surface area contributed by atoms with Gasteiger partial charge in [-0.2, -0.15) is 0 Å². The highest BCUT2D eigenvalue weighted by molar-refractivity contribution is 6.10. The second-order valence-corrected chi connectivity index (χ2v) is 10.1. The molecule has 1 aliphatic heterocycles. The first-order chi connectivity index (χ1) is 19.9. The largest absolute Gasteiger partial charge is 0.494 e. The number of nitrogens with zero attached hydrogens (tertiary/aromatic N) is 1. The molecule has 41 heavy (non-hydrogen) atoms. The zero-order chi connectivity index (χ0) is 28.9. The maximum absolute atomic E-state index is 14.1. The van der Waals surface area contributed by atoms with E-state index in [2.05, 4.69) is 6.92 Å². The Morgan fingerprint density at radius 3 is 2.34 bits per heavy atom. The normalized spacial score (nSPS) is 14.4. The van der Waals surface area contributed by atoms with Crippen LogP contribution in [0.2, 0.25) is 0 Å². The number of ether oxygens (including phenoxy) is 2. The van der Waals surface area contributed by atoms with Gasteiger partial charge in [0.15, 0.2) is 5.43 Å². The van der Waals surface area contributed by atoms with Gasteiger partial charge in [-0.15, -0.1) is 0 Å². The molecule has 1 aromatic heterocycles. The van der Waals surface area contributed by atoms with Gasteiger partial charge >= 0.3 is 5.97 Å². The van der Waals surface area contributed by atoms with Crippen LogP contribution in [-0.2, 0) is 4.74 Å². The summed E-state index contributed by atoms with van der Waals surface area (Å²) in [7, 11) is 0. The molecule has 3 aromatic carbocycles. The first-order valence-corrected chi connectivity index (χ1v) is 14.0. The van der Waals surface area contributed by atoms with Crippen LogP contribution in [0, 0.1) is 5.82 Å². The second kappa shape index (κ2) is 12.4. The summed E-state index contributed by atoms with van der Waals surface area (Å²) in [5.74, 6) is -0.946. The summed E-state index contributed by atoms with van der Waals surface area (Å²) >= 11 is 0. The van der Waals surface area contributed by atoms with Gasteiger partial charge in [0.05, 0.1) is 35.8 Å². The van der Waals surface area contributed by atoms with Crippen molar-refractivity contribution in [2.75, 3.05) is 18.1 Å². The van der Waals surface area contributed by atoms with Crippen LogP contribution in [0.4, 0.5) is 10.1 Å². The molecular formula is C33H32FNO6. The maximum atomic E-state index is 14.1. The van der Waals surface area contributed by atoms with Crippen LogP contribution in [-0.4, -0.2) is 25.1 Å². The minimum Gasteiger partial charge on any atom is -0.494 e. The van der Waals surface area contributed by atoms with Crippen LogP contribution in [0.25, 0.3) is 11.0 Å². The van der Waals surface area contributed by atoms with E-state index in [0.29, 0.717) is 35.8 Å². The molecule has 1 aliphatic rings. The molecule has 2 heterocycles. The average molecular weight is 558 g/mol. The molecule has 0 spiro atoms. The predicted molar refractivity (Wildman–Crippen MR) is 154 cm³/mol. The predicted octanol–water partition coefficient (Wildman–Crippen LogP) is 7.21. The van der Waals surface area contributed by atoms with Crippen molar-refractivity contribution < 1.29 is 27.9 Å². The Morgan fingerprint density at radius 1 is 0.902 bits per heavy atom. The number of hydrogen-bond acceptors (Lipinski definition) is 6. The maximum Gasteiger partial charge on any atom is 0.338 e. The molecule has 1 amide bonds. The number of amides is 1. The number of benzene rings is 3. The van der Waals surface area contributed by atoms with E-state index in [9.17, 15) is 18.8 Å². The van der Waals surface area contributed by atoms with Gasteiger partial charge in [0.1, 0.15) is 17.1 Å². The Kier molecular flexibility index (Phi) is 8.47. The minimum absolute atomic E-state index is 0.0597. The number of esters is 1. The first kappa shape index (κ1) is 28.1. The van der Waals surface area contributed by atoms with E-state index in [-0.39, 0.29) is 22.3 Å². The third kappa shape index (κ3) is 5.73. The number of carbonyl (C=O) groups excluding carboxylic acids is 2. The highest BCUT2D eigenvalue weighted by Crippen LogP contribution is 2.41. The summed E-state index contributed by atoms with van der Waals surface area (Å²) in [4.78, 5) is 41.4. The van der Waals surface area contributed by atoms with Gasteiger partial charge < -0.3 is 13.9 Å². The van der Waals surface area contributed by atoms with Crippen molar-refractivity contribution in [2.24, 2.45) is 0 Å². The fourth-order valence-electron chi connectivity index (χ4n) is 4.97. The Hall–Kier alpha value is -4.46. The third-order valence-electron chi connectivity index (χ3n) is 7.16. The number of unbranched alkanes of at least 4 members (excludes halogenated alkanes) is 3. The summed E-state index contributed by atoms with van der Waals surface area (Å²) in [5, 5.41) is 0.0597. The molecule has 0 aliphatic carbocycles. The lowest BCUT2D eigenvalue weighted by molar-refractivity contribution is 0.0499. The van der Waals surface area contributed by atoms with Crippen molar-refractivity contribution in [3.05, 3.63) is 105 Å². The van der Waals surface area contributed by atoms with Crippen molar-refractivity contribution in [3.63, 3.8) is 0 Å². The Morgan fingerprint density at radius 2 is 1.63 bits per heavy atom. The average Bonchev–Trinajstić information content (AvgIpc) is 3.28. The Bertz CT molecular complexity index is 1610. The molecule has 0 saturated heterocycles. The SMILES string of the molecule is CCCCCOc1ccc(C2c3c(oc4ccc(F)cc4c3=O)C(=O)N2c2ccc(C(=O)OCCCC)cc2)cc1. The molecule has 212 valence electrons. The summed E-state index contributed by atoms with van der Waals surface area (Å²) in [6.07, 6.45) is 4.80. The second-order valence-electron chi connectivity index (χ2n) is 10.1. The number of fused-ring (bicyclic) bond motifs is 2. The lowest BCUT2D eigenvalue weighted by atomic mass is 9.98. The van der Waals surface area contributed by atoms with Crippen LogP contribution in [0.5, 0.6) is 5.75 Å². The highest BCUT2D eigenvalue weighted by atomic mass is 19.1. The Labute approximate surface area is 237 Å². The lowest BCUT2D eigenvalue weighted by Gasteiger charge is -2.25. The van der Waals surface area contributed by atoms with Crippen LogP contribution in [0.3, 0.4) is 0 Å². The van der Waals surface area contributed by atoms with Gasteiger partial charge in [0.2, 0.25) is 5.76 Å². The molecule has 5 rings (SSSR count). The molecular weight excluding hydrogens is 525 g/mol. The molecule has 0 N–H and O–H groups in total. The molecule has 4 aromatic rings. The van der Waals surface area contributed by atoms with Gasteiger partial charge in [-0.3, -0.25) is 14.5 Å². The molecule has 7 nitrogen and oxygen atoms in total. The van der Waals surface area contributed by atoms with E-state index in [1.807, 2.05) is 19.1 Å². The topological polar surface area (TPSA) is 86.0 Å². The summed E-state index contributed by atoms with van der Waals surface area (Å²) in [6, 6.07) is 16.5. The fourth-order valence-corrected chi connectivity index (χ4v) is 4.97. The molecule has 8 heteroatoms. The number of hydrogen-bond donors (Lipinski definition) is 0. The number of halogens is 1. The van der Waals surface area contributed by atoms with E-state index in [1.165, 1.54) is 17.0 Å². The number of rotatable bonds is 11. The quantitative estimate of drug-likeness (QED) is 0.143. The summed E-state index contributed by atoms with van der Waals surface area (Å²) < 4.78 is 31.2. The monoisotopic (exact) mass is 557 g/mol. The van der Waals surface area contributed by atoms with E-state index in [1.54, 1.807) is 36.4 Å². The van der Waals surface area contributed by atoms with Crippen LogP contribution in [0.1, 0.15) is 84.0 Å². The van der Waals surface area contributed by atoms with Gasteiger partial charge in [0, 0.05) is 5.69 Å². The molecule has 0 radical (unpaired) electrons. The van der Waals surface area contributed by atoms with Crippen molar-refractivity contribution >= 4 is 28.5 Å². The van der Waals surface area contributed by atoms with Crippen molar-refractivity contribution in [1.82, 2.24) is 0 Å². The van der Waals surface area contributed by atoms with Gasteiger partial charge in [-0.25, -0.2) is 9.18 Å². The number of carbonyl (C=O) groups is 2. The van der Waals surface area contributed by atoms with E-state index >= 15 is 0 Å². The van der Waals surface area contributed by atoms with Crippen molar-refractivity contribution in [3.8, 4) is 5.75 Å². The van der Waals surface area contributed by atoms with Crippen LogP contribution in [0.15, 0.2) is 75.9 Å². The minimum atomic E-state index is -0.835. The van der Waals surface area contributed by atoms with E-state index in [0.717, 1.165) is 38.2 Å². The van der Waals surface area contributed by atoms with Gasteiger partial charge in [-0.05, 0) is 73.0 Å². The zero-order valence-electron chi connectivity index (χ0n) is 23.2. The lowest BCUT2D eigenvalue weighted by Crippen LogP contribution is -2.29. The highest BCUT2D eigenvalue weighted by Gasteiger charge is 2.43. The number of anilines is 1. The van der Waals surface area contributed by atoms with Crippen LogP contribution >= 0.6 is 0 Å². The van der Waals surface area contributed by atoms with E-state index in [4.69, 9.17) is 13.9 Å². The molecule has 1 atom stereocenters. The summed E-state index contributed by atoms with van der Waals surface area (Å²) in [5.41, 5.74) is 1.26. The smallest absolute Gasteiger partial charge is 0.338 e. The van der Waals surface area contributed by atoms with Gasteiger partial charge in [-0.1, -0.05) is 45.2 Å². The molecule has 0 saturated carbocycles. The zero-order valence-corrected chi connectivity index (χ0v) is 23.2. The summed E-state index contributed by atoms with van der Waals surface area (Å²) in [6.45, 7) is 5.07. The fraction of sp³-hybridized carbons (Fsp3) is 0.303. The molecule has 1 unspecified atom stereocenters. The first-order valence-electron chi connectivity index (χ1n) is 14.0. The van der Waals surface area contributed by atoms with E-state index < -0.39 is 29.2 Å². The standard InChI is InChI=1S/C33H32FNO6/c1-3-5-7-19-39-25-15-10-21(11-16-25)29-28-30(36)26-20-23(34)12-17-27(26)41-31(28)32(37)35(29)24-13-8-22(9-14-24)33(38)40-18-6-4-2/h8-17,20,29H,3-7,18-19H2,1-2H3. The van der Waals surface area contributed by atoms with Crippen molar-refractivity contribution in [1.29, 1.82) is 0 Å². The molecule has 0 fully saturated rings. The molecule has 0 bridgehead atoms. The Balaban J connectivity index is 1.54. The van der Waals surface area contributed by atoms with Gasteiger partial charge in [0.25, 0.3) is 5.91 Å². The van der Waals surface area contributed by atoms with Crippen molar-refractivity contribution in [2.45, 2.75) is 52.0 Å². The third-order valence-corrected chi connectivity index (χ3v) is 7.16. The van der Waals surface area contributed by atoms with Crippen LogP contribution < -0.4 is 15.1 Å².